The van der Waals surface area contributed by atoms with Crippen molar-refractivity contribution >= 4 is 17.5 Å². The lowest BCUT2D eigenvalue weighted by Gasteiger charge is -2.14. The molecule has 1 aromatic rings. The first-order valence-electron chi connectivity index (χ1n) is 5.60. The Kier molecular flexibility index (Phi) is 3.02. The molecule has 92 valence electrons. The second kappa shape index (κ2) is 4.49. The van der Waals surface area contributed by atoms with E-state index in [0.29, 0.717) is 11.3 Å². The van der Waals surface area contributed by atoms with Gasteiger partial charge in [0, 0.05) is 7.05 Å². The van der Waals surface area contributed by atoms with E-state index in [-0.39, 0.29) is 18.2 Å². The van der Waals surface area contributed by atoms with E-state index in [9.17, 15) is 9.59 Å². The number of rotatable bonds is 2. The number of carbonyl (C=O) groups excluding carboxylic acids is 2. The number of nitriles is 1. The summed E-state index contributed by atoms with van der Waals surface area (Å²) in [6.07, 6.45) is 0.133. The van der Waals surface area contributed by atoms with E-state index in [0.717, 1.165) is 10.5 Å². The van der Waals surface area contributed by atoms with Gasteiger partial charge >= 0.3 is 0 Å². The van der Waals surface area contributed by atoms with E-state index in [1.807, 2.05) is 13.0 Å². The Labute approximate surface area is 105 Å². The van der Waals surface area contributed by atoms with Crippen molar-refractivity contribution in [3.05, 3.63) is 29.3 Å². The number of nitrogens with one attached hydrogen (secondary N) is 1. The zero-order valence-corrected chi connectivity index (χ0v) is 10.2. The standard InChI is InChI=1S/C13H13N3O2/c1-8-3-4-9(7-14)10(5-8)15-11-6-12(17)16(2)13(11)18/h3-5,11,15H,6H2,1-2H3. The molecule has 18 heavy (non-hydrogen) atoms. The summed E-state index contributed by atoms with van der Waals surface area (Å²) in [5.74, 6) is -0.464. The van der Waals surface area contributed by atoms with Gasteiger partial charge in [-0.15, -0.1) is 0 Å². The van der Waals surface area contributed by atoms with Crippen molar-refractivity contribution in [3.63, 3.8) is 0 Å². The fourth-order valence-corrected chi connectivity index (χ4v) is 1.93. The molecule has 2 amide bonds. The Balaban J connectivity index is 2.25. The Bertz CT molecular complexity index is 560. The van der Waals surface area contributed by atoms with Crippen LogP contribution in [-0.4, -0.2) is 29.8 Å². The highest BCUT2D eigenvalue weighted by Gasteiger charge is 2.36. The first-order valence-corrected chi connectivity index (χ1v) is 5.60. The van der Waals surface area contributed by atoms with Gasteiger partial charge in [-0.3, -0.25) is 14.5 Å². The van der Waals surface area contributed by atoms with Crippen molar-refractivity contribution in [1.29, 1.82) is 5.26 Å². The Hall–Kier alpha value is -2.35. The molecule has 0 spiro atoms. The van der Waals surface area contributed by atoms with Crippen molar-refractivity contribution in [3.8, 4) is 6.07 Å². The number of likely N-dealkylation sites (N-methyl/N-ethyl adjacent to an activating group) is 1. The summed E-state index contributed by atoms with van der Waals surface area (Å²) in [6, 6.07) is 6.82. The minimum Gasteiger partial charge on any atom is -0.372 e. The number of nitrogens with zero attached hydrogens (tertiary/aromatic N) is 2. The van der Waals surface area contributed by atoms with Crippen molar-refractivity contribution in [2.75, 3.05) is 12.4 Å². The van der Waals surface area contributed by atoms with Crippen LogP contribution in [0.5, 0.6) is 0 Å². The molecule has 1 aliphatic heterocycles. The summed E-state index contributed by atoms with van der Waals surface area (Å²) < 4.78 is 0. The quantitative estimate of drug-likeness (QED) is 0.787. The Morgan fingerprint density at radius 3 is 2.72 bits per heavy atom. The molecule has 1 aliphatic rings. The van der Waals surface area contributed by atoms with Gasteiger partial charge in [0.2, 0.25) is 5.91 Å². The number of benzene rings is 1. The van der Waals surface area contributed by atoms with Gasteiger partial charge in [-0.1, -0.05) is 6.07 Å². The van der Waals surface area contributed by atoms with Gasteiger partial charge in [0.1, 0.15) is 12.1 Å². The maximum atomic E-state index is 11.8. The van der Waals surface area contributed by atoms with Gasteiger partial charge in [-0.05, 0) is 24.6 Å². The van der Waals surface area contributed by atoms with Gasteiger partial charge in [0.05, 0.1) is 17.7 Å². The number of imide groups is 1. The predicted molar refractivity (Wildman–Crippen MR) is 65.7 cm³/mol. The van der Waals surface area contributed by atoms with Gasteiger partial charge in [-0.2, -0.15) is 5.26 Å². The molecule has 0 saturated carbocycles. The third-order valence-corrected chi connectivity index (χ3v) is 3.01. The summed E-state index contributed by atoms with van der Waals surface area (Å²) >= 11 is 0. The number of hydrogen-bond acceptors (Lipinski definition) is 4. The molecule has 1 saturated heterocycles. The lowest BCUT2D eigenvalue weighted by atomic mass is 10.1. The van der Waals surface area contributed by atoms with Crippen molar-refractivity contribution in [2.45, 2.75) is 19.4 Å². The zero-order valence-electron chi connectivity index (χ0n) is 10.2. The van der Waals surface area contributed by atoms with Crippen LogP contribution in [-0.2, 0) is 9.59 Å². The molecule has 1 aromatic carbocycles. The fraction of sp³-hybridized carbons (Fsp3) is 0.308. The highest BCUT2D eigenvalue weighted by Crippen LogP contribution is 2.21. The smallest absolute Gasteiger partial charge is 0.251 e. The molecule has 1 fully saturated rings. The van der Waals surface area contributed by atoms with E-state index in [1.54, 1.807) is 12.1 Å². The minimum absolute atomic E-state index is 0.133. The van der Waals surface area contributed by atoms with Crippen LogP contribution >= 0.6 is 0 Å². The van der Waals surface area contributed by atoms with Crippen LogP contribution in [0.15, 0.2) is 18.2 Å². The molecule has 0 bridgehead atoms. The lowest BCUT2D eigenvalue weighted by Crippen LogP contribution is -2.32. The largest absolute Gasteiger partial charge is 0.372 e. The number of hydrogen-bond donors (Lipinski definition) is 1. The molecule has 0 aliphatic carbocycles. The predicted octanol–water partition coefficient (Wildman–Crippen LogP) is 1.04. The number of amides is 2. The van der Waals surface area contributed by atoms with E-state index in [4.69, 9.17) is 5.26 Å². The first kappa shape index (κ1) is 12.1. The number of aryl methyl sites for hydroxylation is 1. The van der Waals surface area contributed by atoms with Crippen molar-refractivity contribution in [1.82, 2.24) is 4.90 Å². The van der Waals surface area contributed by atoms with Crippen LogP contribution in [0.25, 0.3) is 0 Å². The Morgan fingerprint density at radius 2 is 2.17 bits per heavy atom. The van der Waals surface area contributed by atoms with Crippen LogP contribution in [0.1, 0.15) is 17.5 Å². The number of anilines is 1. The molecule has 5 nitrogen and oxygen atoms in total. The molecule has 0 aromatic heterocycles. The molecule has 1 N–H and O–H groups in total. The molecule has 2 rings (SSSR count). The zero-order chi connectivity index (χ0) is 13.3. The molecule has 1 unspecified atom stereocenters. The topological polar surface area (TPSA) is 73.2 Å². The third-order valence-electron chi connectivity index (χ3n) is 3.01. The summed E-state index contributed by atoms with van der Waals surface area (Å²) in [6.45, 7) is 1.90. The van der Waals surface area contributed by atoms with E-state index >= 15 is 0 Å². The summed E-state index contributed by atoms with van der Waals surface area (Å²) in [4.78, 5) is 24.3. The van der Waals surface area contributed by atoms with Crippen molar-refractivity contribution in [2.24, 2.45) is 0 Å². The highest BCUT2D eigenvalue weighted by molar-refractivity contribution is 6.06. The summed E-state index contributed by atoms with van der Waals surface area (Å²) in [5.41, 5.74) is 2.05. The van der Waals surface area contributed by atoms with Gasteiger partial charge in [-0.25, -0.2) is 0 Å². The molecular weight excluding hydrogens is 230 g/mol. The fourth-order valence-electron chi connectivity index (χ4n) is 1.93. The number of carbonyl (C=O) groups is 2. The van der Waals surface area contributed by atoms with E-state index in [2.05, 4.69) is 11.4 Å². The minimum atomic E-state index is -0.573. The van der Waals surface area contributed by atoms with Crippen molar-refractivity contribution < 1.29 is 9.59 Å². The van der Waals surface area contributed by atoms with Gasteiger partial charge < -0.3 is 5.32 Å². The molecule has 0 radical (unpaired) electrons. The molecule has 5 heteroatoms. The van der Waals surface area contributed by atoms with Crippen LogP contribution in [0, 0.1) is 18.3 Å². The second-order valence-electron chi connectivity index (χ2n) is 4.35. The average Bonchev–Trinajstić information content (AvgIpc) is 2.57. The normalized spacial score (nSPS) is 18.9. The third kappa shape index (κ3) is 2.05. The summed E-state index contributed by atoms with van der Waals surface area (Å²) in [5, 5.41) is 12.0. The second-order valence-corrected chi connectivity index (χ2v) is 4.35. The van der Waals surface area contributed by atoms with Crippen LogP contribution in [0.4, 0.5) is 5.69 Å². The molecule has 1 heterocycles. The molecular formula is C13H13N3O2. The molecule has 1 atom stereocenters. The maximum Gasteiger partial charge on any atom is 0.251 e. The monoisotopic (exact) mass is 243 g/mol. The Morgan fingerprint density at radius 1 is 1.44 bits per heavy atom. The van der Waals surface area contributed by atoms with Crippen LogP contribution in [0.3, 0.4) is 0 Å². The van der Waals surface area contributed by atoms with E-state index < -0.39 is 6.04 Å². The SMILES string of the molecule is Cc1ccc(C#N)c(NC2CC(=O)N(C)C2=O)c1. The van der Waals surface area contributed by atoms with Gasteiger partial charge in [0.15, 0.2) is 0 Å². The summed E-state index contributed by atoms with van der Waals surface area (Å²) in [7, 11) is 1.47. The lowest BCUT2D eigenvalue weighted by molar-refractivity contribution is -0.136. The van der Waals surface area contributed by atoms with Crippen LogP contribution < -0.4 is 5.32 Å². The highest BCUT2D eigenvalue weighted by atomic mass is 16.2. The maximum absolute atomic E-state index is 11.8. The van der Waals surface area contributed by atoms with E-state index in [1.165, 1.54) is 7.05 Å². The average molecular weight is 243 g/mol. The van der Waals surface area contributed by atoms with Crippen LogP contribution in [0.2, 0.25) is 0 Å². The number of likely N-dealkylation sites (tertiary alicyclic amines) is 1. The van der Waals surface area contributed by atoms with Gasteiger partial charge in [0.25, 0.3) is 5.91 Å². The first-order chi connectivity index (χ1) is 8.52.